The maximum absolute atomic E-state index is 5.10. The third-order valence-electron chi connectivity index (χ3n) is 2.41. The molecule has 2 rings (SSSR count). The molecule has 0 radical (unpaired) electrons. The Hall–Kier alpha value is -1.31. The van der Waals surface area contributed by atoms with Gasteiger partial charge in [0.05, 0.1) is 17.6 Å². The summed E-state index contributed by atoms with van der Waals surface area (Å²) in [5.41, 5.74) is 0.930. The second-order valence-electron chi connectivity index (χ2n) is 3.45. The van der Waals surface area contributed by atoms with Gasteiger partial charge in [-0.1, -0.05) is 0 Å². The molecular weight excluding hydrogens is 240 g/mol. The minimum Gasteiger partial charge on any atom is -0.364 e. The summed E-state index contributed by atoms with van der Waals surface area (Å²) in [6.07, 6.45) is 1.23. The molecule has 0 aliphatic rings. The van der Waals surface area contributed by atoms with Crippen LogP contribution < -0.4 is 5.32 Å². The average molecular weight is 254 g/mol. The van der Waals surface area contributed by atoms with Crippen molar-refractivity contribution in [1.29, 1.82) is 0 Å². The highest BCUT2D eigenvalue weighted by Crippen LogP contribution is 2.25. The van der Waals surface area contributed by atoms with Crippen LogP contribution in [0.15, 0.2) is 6.33 Å². The number of nitrogens with one attached hydrogen (secondary N) is 1. The van der Waals surface area contributed by atoms with Gasteiger partial charge in [0.15, 0.2) is 6.29 Å². The van der Waals surface area contributed by atoms with E-state index in [0.29, 0.717) is 6.54 Å². The van der Waals surface area contributed by atoms with E-state index < -0.39 is 0 Å². The van der Waals surface area contributed by atoms with E-state index in [0.717, 1.165) is 21.7 Å². The van der Waals surface area contributed by atoms with Crippen LogP contribution in [0.25, 0.3) is 10.2 Å². The van der Waals surface area contributed by atoms with Crippen LogP contribution in [0.3, 0.4) is 0 Å². The fraction of sp³-hybridized carbons (Fsp3) is 0.500. The van der Waals surface area contributed by atoms with Gasteiger partial charge in [0, 0.05) is 14.2 Å². The van der Waals surface area contributed by atoms with Gasteiger partial charge in [-0.15, -0.1) is 0 Å². The molecule has 7 heteroatoms. The fourth-order valence-corrected chi connectivity index (χ4v) is 2.24. The topological polar surface area (TPSA) is 69.2 Å². The molecule has 0 fully saturated rings. The lowest BCUT2D eigenvalue weighted by atomic mass is 10.3. The van der Waals surface area contributed by atoms with Crippen LogP contribution in [0, 0.1) is 6.92 Å². The number of fused-ring (bicyclic) bond motifs is 1. The summed E-state index contributed by atoms with van der Waals surface area (Å²) in [4.78, 5) is 9.27. The zero-order valence-corrected chi connectivity index (χ0v) is 10.7. The summed E-state index contributed by atoms with van der Waals surface area (Å²) in [5.74, 6) is 0.764. The molecule has 0 atom stereocenters. The molecule has 2 aromatic rings. The van der Waals surface area contributed by atoms with Crippen LogP contribution in [0.4, 0.5) is 5.82 Å². The van der Waals surface area contributed by atoms with E-state index in [4.69, 9.17) is 9.47 Å². The molecule has 0 unspecified atom stereocenters. The van der Waals surface area contributed by atoms with Gasteiger partial charge in [0.1, 0.15) is 17.0 Å². The molecule has 92 valence electrons. The first-order chi connectivity index (χ1) is 8.26. The first-order valence-corrected chi connectivity index (χ1v) is 5.90. The summed E-state index contributed by atoms with van der Waals surface area (Å²) in [6, 6.07) is 0. The molecule has 0 amide bonds. The van der Waals surface area contributed by atoms with Crippen molar-refractivity contribution in [2.75, 3.05) is 26.1 Å². The van der Waals surface area contributed by atoms with Gasteiger partial charge in [-0.2, -0.15) is 4.37 Å². The molecule has 0 bridgehead atoms. The number of anilines is 1. The lowest BCUT2D eigenvalue weighted by molar-refractivity contribution is -0.0914. The van der Waals surface area contributed by atoms with Gasteiger partial charge in [-0.25, -0.2) is 9.97 Å². The number of ether oxygens (including phenoxy) is 2. The predicted octanol–water partition coefficient (Wildman–Crippen LogP) is 1.43. The van der Waals surface area contributed by atoms with E-state index in [9.17, 15) is 0 Å². The number of aromatic nitrogens is 3. The van der Waals surface area contributed by atoms with Gasteiger partial charge < -0.3 is 14.8 Å². The molecule has 0 aliphatic heterocycles. The molecule has 0 saturated heterocycles. The lowest BCUT2D eigenvalue weighted by Gasteiger charge is -2.14. The van der Waals surface area contributed by atoms with E-state index >= 15 is 0 Å². The molecule has 2 heterocycles. The van der Waals surface area contributed by atoms with Crippen molar-refractivity contribution in [3.63, 3.8) is 0 Å². The molecule has 0 aliphatic carbocycles. The molecule has 2 aromatic heterocycles. The second-order valence-corrected chi connectivity index (χ2v) is 4.20. The predicted molar refractivity (Wildman–Crippen MR) is 66.2 cm³/mol. The normalized spacial score (nSPS) is 11.3. The summed E-state index contributed by atoms with van der Waals surface area (Å²) < 4.78 is 14.5. The Morgan fingerprint density at radius 3 is 2.82 bits per heavy atom. The van der Waals surface area contributed by atoms with Gasteiger partial charge in [-0.05, 0) is 18.5 Å². The van der Waals surface area contributed by atoms with E-state index in [1.165, 1.54) is 17.9 Å². The van der Waals surface area contributed by atoms with E-state index in [-0.39, 0.29) is 6.29 Å². The average Bonchev–Trinajstić information content (AvgIpc) is 2.73. The van der Waals surface area contributed by atoms with Crippen molar-refractivity contribution < 1.29 is 9.47 Å². The number of rotatable bonds is 5. The van der Waals surface area contributed by atoms with Gasteiger partial charge >= 0.3 is 0 Å². The maximum Gasteiger partial charge on any atom is 0.173 e. The standard InChI is InChI=1S/C10H14N4O2S/c1-6-8-9(11-4-7(15-2)16-3)12-5-13-10(8)17-14-6/h5,7H,4H2,1-3H3,(H,11,12,13). The monoisotopic (exact) mass is 254 g/mol. The van der Waals surface area contributed by atoms with Crippen molar-refractivity contribution in [3.05, 3.63) is 12.0 Å². The van der Waals surface area contributed by atoms with Crippen molar-refractivity contribution in [2.24, 2.45) is 0 Å². The maximum atomic E-state index is 5.10. The third-order valence-corrected chi connectivity index (χ3v) is 3.25. The lowest BCUT2D eigenvalue weighted by Crippen LogP contribution is -2.24. The van der Waals surface area contributed by atoms with Crippen LogP contribution in [0.5, 0.6) is 0 Å². The smallest absolute Gasteiger partial charge is 0.173 e. The van der Waals surface area contributed by atoms with E-state index in [1.807, 2.05) is 6.92 Å². The summed E-state index contributed by atoms with van der Waals surface area (Å²) >= 11 is 1.37. The largest absolute Gasteiger partial charge is 0.364 e. The zero-order chi connectivity index (χ0) is 12.3. The Morgan fingerprint density at radius 1 is 1.35 bits per heavy atom. The van der Waals surface area contributed by atoms with Crippen molar-refractivity contribution in [1.82, 2.24) is 14.3 Å². The highest BCUT2D eigenvalue weighted by Gasteiger charge is 2.11. The molecule has 1 N–H and O–H groups in total. The Morgan fingerprint density at radius 2 is 2.12 bits per heavy atom. The highest BCUT2D eigenvalue weighted by molar-refractivity contribution is 7.13. The van der Waals surface area contributed by atoms with Crippen LogP contribution in [0.2, 0.25) is 0 Å². The number of nitrogens with zero attached hydrogens (tertiary/aromatic N) is 3. The van der Waals surface area contributed by atoms with E-state index in [1.54, 1.807) is 14.2 Å². The third kappa shape index (κ3) is 2.51. The number of methoxy groups -OCH3 is 2. The molecule has 0 saturated carbocycles. The van der Waals surface area contributed by atoms with Crippen molar-refractivity contribution in [2.45, 2.75) is 13.2 Å². The quantitative estimate of drug-likeness (QED) is 0.814. The zero-order valence-electron chi connectivity index (χ0n) is 9.93. The summed E-state index contributed by atoms with van der Waals surface area (Å²) in [7, 11) is 3.20. The molecule has 17 heavy (non-hydrogen) atoms. The summed E-state index contributed by atoms with van der Waals surface area (Å²) in [5, 5.41) is 4.14. The molecule has 6 nitrogen and oxygen atoms in total. The summed E-state index contributed by atoms with van der Waals surface area (Å²) in [6.45, 7) is 2.46. The minimum absolute atomic E-state index is 0.299. The van der Waals surface area contributed by atoms with Crippen LogP contribution in [0.1, 0.15) is 5.69 Å². The van der Waals surface area contributed by atoms with Crippen molar-refractivity contribution >= 4 is 27.6 Å². The van der Waals surface area contributed by atoms with E-state index in [2.05, 4.69) is 19.7 Å². The molecule has 0 aromatic carbocycles. The number of hydrogen-bond acceptors (Lipinski definition) is 7. The Kier molecular flexibility index (Phi) is 3.82. The highest BCUT2D eigenvalue weighted by atomic mass is 32.1. The van der Waals surface area contributed by atoms with Crippen LogP contribution >= 0.6 is 11.5 Å². The molecule has 0 spiro atoms. The van der Waals surface area contributed by atoms with Crippen LogP contribution in [-0.4, -0.2) is 41.4 Å². The van der Waals surface area contributed by atoms with Crippen molar-refractivity contribution in [3.8, 4) is 0 Å². The first kappa shape index (κ1) is 12.2. The first-order valence-electron chi connectivity index (χ1n) is 5.12. The SMILES string of the molecule is COC(CNc1ncnc2snc(C)c12)OC. The second kappa shape index (κ2) is 5.35. The van der Waals surface area contributed by atoms with Gasteiger partial charge in [0.2, 0.25) is 0 Å². The Labute approximate surface area is 103 Å². The number of hydrogen-bond donors (Lipinski definition) is 1. The number of aryl methyl sites for hydroxylation is 1. The van der Waals surface area contributed by atoms with Crippen LogP contribution in [-0.2, 0) is 9.47 Å². The Bertz CT molecular complexity index is 498. The van der Waals surface area contributed by atoms with Gasteiger partial charge in [0.25, 0.3) is 0 Å². The fourth-order valence-electron chi connectivity index (χ4n) is 1.50. The Balaban J connectivity index is 2.20. The minimum atomic E-state index is -0.299. The van der Waals surface area contributed by atoms with Gasteiger partial charge in [-0.3, -0.25) is 0 Å². The molecular formula is C10H14N4O2S.